The van der Waals surface area contributed by atoms with Gasteiger partial charge in [0, 0.05) is 31.5 Å². The van der Waals surface area contributed by atoms with Crippen LogP contribution in [-0.4, -0.2) is 36.0 Å². The lowest BCUT2D eigenvalue weighted by atomic mass is 9.96. The number of carbonyl (C=O) groups excluding carboxylic acids is 1. The normalized spacial score (nSPS) is 14.8. The van der Waals surface area contributed by atoms with Gasteiger partial charge in [0.1, 0.15) is 11.5 Å². The van der Waals surface area contributed by atoms with Gasteiger partial charge < -0.3 is 15.5 Å². The fourth-order valence-electron chi connectivity index (χ4n) is 3.01. The first-order valence-corrected chi connectivity index (χ1v) is 8.79. The Morgan fingerprint density at radius 2 is 1.76 bits per heavy atom. The summed E-state index contributed by atoms with van der Waals surface area (Å²) in [4.78, 5) is 22.9. The van der Waals surface area contributed by atoms with Gasteiger partial charge in [0.25, 0.3) is 5.91 Å². The largest absolute Gasteiger partial charge is 0.378 e. The molecular weight excluding hydrogens is 314 g/mol. The van der Waals surface area contributed by atoms with Crippen molar-refractivity contribution >= 4 is 23.1 Å². The Bertz CT molecular complexity index is 691. The van der Waals surface area contributed by atoms with Crippen molar-refractivity contribution in [3.8, 4) is 0 Å². The molecule has 1 aromatic carbocycles. The highest BCUT2D eigenvalue weighted by Crippen LogP contribution is 2.20. The van der Waals surface area contributed by atoms with Crippen LogP contribution in [0, 0.1) is 0 Å². The fraction of sp³-hybridized carbons (Fsp3) is 0.421. The highest BCUT2D eigenvalue weighted by Gasteiger charge is 2.14. The van der Waals surface area contributed by atoms with Gasteiger partial charge in [0.2, 0.25) is 0 Å². The van der Waals surface area contributed by atoms with Crippen molar-refractivity contribution in [3.05, 3.63) is 42.4 Å². The number of anilines is 3. The predicted octanol–water partition coefficient (Wildman–Crippen LogP) is 3.54. The van der Waals surface area contributed by atoms with Crippen LogP contribution in [0.25, 0.3) is 0 Å². The van der Waals surface area contributed by atoms with E-state index in [-0.39, 0.29) is 5.91 Å². The molecule has 2 aromatic rings. The maximum Gasteiger partial charge on any atom is 0.275 e. The van der Waals surface area contributed by atoms with Crippen molar-refractivity contribution in [1.82, 2.24) is 9.97 Å². The second kappa shape index (κ2) is 7.96. The molecule has 0 bridgehead atoms. The second-order valence-corrected chi connectivity index (χ2v) is 6.66. The second-order valence-electron chi connectivity index (χ2n) is 6.66. The van der Waals surface area contributed by atoms with Gasteiger partial charge in [-0.1, -0.05) is 19.3 Å². The van der Waals surface area contributed by atoms with Gasteiger partial charge in [-0.15, -0.1) is 0 Å². The summed E-state index contributed by atoms with van der Waals surface area (Å²) in [5, 5.41) is 6.25. The van der Waals surface area contributed by atoms with Gasteiger partial charge in [-0.05, 0) is 37.1 Å². The third-order valence-electron chi connectivity index (χ3n) is 4.48. The van der Waals surface area contributed by atoms with Crippen LogP contribution in [0.2, 0.25) is 0 Å². The Balaban J connectivity index is 1.58. The topological polar surface area (TPSA) is 70.2 Å². The Kier molecular flexibility index (Phi) is 5.48. The molecule has 0 aliphatic heterocycles. The molecule has 1 saturated carbocycles. The molecule has 1 heterocycles. The zero-order valence-electron chi connectivity index (χ0n) is 14.8. The summed E-state index contributed by atoms with van der Waals surface area (Å²) < 4.78 is 0. The molecular formula is C19H25N5O. The number of benzene rings is 1. The number of rotatable bonds is 5. The average Bonchev–Trinajstić information content (AvgIpc) is 2.63. The maximum absolute atomic E-state index is 12.3. The molecule has 1 fully saturated rings. The molecule has 25 heavy (non-hydrogen) atoms. The zero-order valence-corrected chi connectivity index (χ0v) is 14.8. The summed E-state index contributed by atoms with van der Waals surface area (Å²) in [5.41, 5.74) is 2.13. The quantitative estimate of drug-likeness (QED) is 0.872. The molecule has 6 nitrogen and oxygen atoms in total. The lowest BCUT2D eigenvalue weighted by molar-refractivity contribution is 0.102. The van der Waals surface area contributed by atoms with Gasteiger partial charge in [-0.2, -0.15) is 0 Å². The number of carbonyl (C=O) groups is 1. The minimum atomic E-state index is -0.255. The van der Waals surface area contributed by atoms with E-state index in [1.165, 1.54) is 38.3 Å². The number of aromatic nitrogens is 2. The summed E-state index contributed by atoms with van der Waals surface area (Å²) in [6.07, 6.45) is 9.35. The van der Waals surface area contributed by atoms with E-state index < -0.39 is 0 Å². The molecule has 1 aliphatic rings. The molecule has 1 aromatic heterocycles. The summed E-state index contributed by atoms with van der Waals surface area (Å²) >= 11 is 0. The number of nitrogens with one attached hydrogen (secondary N) is 2. The van der Waals surface area contributed by atoms with E-state index in [0.29, 0.717) is 11.7 Å². The van der Waals surface area contributed by atoms with Crippen molar-refractivity contribution in [2.24, 2.45) is 0 Å². The molecule has 0 saturated heterocycles. The Hall–Kier alpha value is -2.63. The van der Waals surface area contributed by atoms with Crippen LogP contribution in [-0.2, 0) is 0 Å². The van der Waals surface area contributed by atoms with E-state index in [4.69, 9.17) is 0 Å². The Morgan fingerprint density at radius 1 is 1.04 bits per heavy atom. The van der Waals surface area contributed by atoms with Gasteiger partial charge in [-0.3, -0.25) is 4.79 Å². The van der Waals surface area contributed by atoms with Gasteiger partial charge in [0.05, 0.1) is 12.4 Å². The van der Waals surface area contributed by atoms with E-state index in [0.717, 1.165) is 17.2 Å². The highest BCUT2D eigenvalue weighted by molar-refractivity contribution is 6.02. The molecule has 0 unspecified atom stereocenters. The maximum atomic E-state index is 12.3. The first-order chi connectivity index (χ1) is 12.1. The van der Waals surface area contributed by atoms with Gasteiger partial charge in [0.15, 0.2) is 0 Å². The van der Waals surface area contributed by atoms with Crippen molar-refractivity contribution in [1.29, 1.82) is 0 Å². The smallest absolute Gasteiger partial charge is 0.275 e. The van der Waals surface area contributed by atoms with Crippen LogP contribution in [0.4, 0.5) is 17.2 Å². The van der Waals surface area contributed by atoms with Crippen molar-refractivity contribution < 1.29 is 4.79 Å². The van der Waals surface area contributed by atoms with E-state index in [9.17, 15) is 4.79 Å². The molecule has 0 radical (unpaired) electrons. The summed E-state index contributed by atoms with van der Waals surface area (Å²) in [7, 11) is 3.96. The summed E-state index contributed by atoms with van der Waals surface area (Å²) in [6.45, 7) is 0. The van der Waals surface area contributed by atoms with E-state index in [1.54, 1.807) is 6.20 Å². The number of hydrogen-bond donors (Lipinski definition) is 2. The Labute approximate surface area is 148 Å². The van der Waals surface area contributed by atoms with Crippen LogP contribution in [0.1, 0.15) is 42.6 Å². The van der Waals surface area contributed by atoms with E-state index in [2.05, 4.69) is 20.6 Å². The molecule has 0 atom stereocenters. The zero-order chi connectivity index (χ0) is 17.6. The summed E-state index contributed by atoms with van der Waals surface area (Å²) in [5.74, 6) is 0.480. The van der Waals surface area contributed by atoms with Crippen LogP contribution < -0.4 is 15.5 Å². The highest BCUT2D eigenvalue weighted by atomic mass is 16.1. The lowest BCUT2D eigenvalue weighted by Crippen LogP contribution is -2.23. The van der Waals surface area contributed by atoms with Crippen molar-refractivity contribution in [3.63, 3.8) is 0 Å². The number of amides is 1. The molecule has 3 rings (SSSR count). The molecule has 6 heteroatoms. The SMILES string of the molecule is CN(C)c1ccc(NC(=O)c2cnc(NC3CCCCC3)cn2)cc1. The average molecular weight is 339 g/mol. The third-order valence-corrected chi connectivity index (χ3v) is 4.48. The number of nitrogens with zero attached hydrogens (tertiary/aromatic N) is 3. The third kappa shape index (κ3) is 4.68. The van der Waals surface area contributed by atoms with Crippen molar-refractivity contribution in [2.45, 2.75) is 38.1 Å². The first kappa shape index (κ1) is 17.2. The minimum absolute atomic E-state index is 0.255. The summed E-state index contributed by atoms with van der Waals surface area (Å²) in [6, 6.07) is 8.13. The van der Waals surface area contributed by atoms with Gasteiger partial charge in [-0.25, -0.2) is 9.97 Å². The number of hydrogen-bond acceptors (Lipinski definition) is 5. The molecule has 0 spiro atoms. The van der Waals surface area contributed by atoms with Gasteiger partial charge >= 0.3 is 0 Å². The fourth-order valence-corrected chi connectivity index (χ4v) is 3.01. The van der Waals surface area contributed by atoms with Crippen LogP contribution in [0.3, 0.4) is 0 Å². The molecule has 2 N–H and O–H groups in total. The van der Waals surface area contributed by atoms with Crippen LogP contribution in [0.15, 0.2) is 36.7 Å². The van der Waals surface area contributed by atoms with Crippen LogP contribution >= 0.6 is 0 Å². The molecule has 1 amide bonds. The van der Waals surface area contributed by atoms with Crippen LogP contribution in [0.5, 0.6) is 0 Å². The first-order valence-electron chi connectivity index (χ1n) is 8.79. The van der Waals surface area contributed by atoms with E-state index >= 15 is 0 Å². The Morgan fingerprint density at radius 3 is 2.36 bits per heavy atom. The lowest BCUT2D eigenvalue weighted by Gasteiger charge is -2.23. The van der Waals surface area contributed by atoms with E-state index in [1.807, 2.05) is 43.3 Å². The monoisotopic (exact) mass is 339 g/mol. The minimum Gasteiger partial charge on any atom is -0.378 e. The molecule has 132 valence electrons. The van der Waals surface area contributed by atoms with Crippen molar-refractivity contribution in [2.75, 3.05) is 29.6 Å². The predicted molar refractivity (Wildman–Crippen MR) is 101 cm³/mol. The molecule has 1 aliphatic carbocycles. The standard InChI is InChI=1S/C19H25N5O/c1-24(2)16-10-8-15(9-11-16)23-19(25)17-12-21-18(13-20-17)22-14-6-4-3-5-7-14/h8-14H,3-7H2,1-2H3,(H,21,22)(H,23,25).